The predicted molar refractivity (Wildman–Crippen MR) is 341 cm³/mol. The number of fused-ring (bicyclic) bond motifs is 2. The van der Waals surface area contributed by atoms with Gasteiger partial charge in [-0.3, -0.25) is 36.3 Å². The number of hydrogen-bond donors (Lipinski definition) is 0. The number of urea groups is 2. The van der Waals surface area contributed by atoms with Crippen LogP contribution in [0.25, 0.3) is 0 Å². The molecule has 0 aromatic heterocycles. The Kier molecular flexibility index (Phi) is 18.1. The lowest BCUT2D eigenvalue weighted by Crippen LogP contribution is -2.62. The zero-order valence-corrected chi connectivity index (χ0v) is 54.8. The monoisotopic (exact) mass is 1350 g/mol. The first kappa shape index (κ1) is 65.2. The summed E-state index contributed by atoms with van der Waals surface area (Å²) in [6, 6.07) is 48.7. The van der Waals surface area contributed by atoms with Crippen molar-refractivity contribution in [2.45, 2.75) is 84.8 Å². The highest BCUT2D eigenvalue weighted by Crippen LogP contribution is 2.65. The van der Waals surface area contributed by atoms with Crippen LogP contribution in [-0.4, -0.2) is 118 Å². The van der Waals surface area contributed by atoms with E-state index in [4.69, 9.17) is 35.7 Å². The number of carbonyl (C=O) groups is 2. The Morgan fingerprint density at radius 2 is 0.521 bits per heavy atom. The van der Waals surface area contributed by atoms with Gasteiger partial charge in [0.2, 0.25) is 0 Å². The normalized spacial score (nSPS) is 17.7. The molecule has 0 unspecified atom stereocenters. The molecule has 8 aromatic rings. The lowest BCUT2D eigenvalue weighted by molar-refractivity contribution is -0.0793. The first-order valence-corrected chi connectivity index (χ1v) is 35.6. The molecule has 4 aliphatic heterocycles. The quantitative estimate of drug-likeness (QED) is 0.0361. The molecule has 22 nitrogen and oxygen atoms in total. The topological polar surface area (TPSA) is 257 Å². The number of nitrogens with zero attached hydrogens (tertiary/aromatic N) is 4. The number of amides is 4. The van der Waals surface area contributed by atoms with Gasteiger partial charge >= 0.3 is 12.1 Å². The van der Waals surface area contributed by atoms with Gasteiger partial charge in [-0.25, -0.2) is 9.59 Å². The Morgan fingerprint density at radius 1 is 0.309 bits per heavy atom. The number of hydrogen-bond acceptors (Lipinski definition) is 18. The van der Waals surface area contributed by atoms with Crippen LogP contribution in [0.3, 0.4) is 0 Å². The second-order valence-corrected chi connectivity index (χ2v) is 29.3. The molecule has 0 atom stereocenters. The number of aryl methyl sites for hydroxylation is 4. The summed E-state index contributed by atoms with van der Waals surface area (Å²) in [6.07, 6.45) is 0. The maximum atomic E-state index is 16.4. The van der Waals surface area contributed by atoms with Crippen molar-refractivity contribution in [1.82, 2.24) is 19.6 Å². The first-order valence-electron chi connectivity index (χ1n) is 30.0. The van der Waals surface area contributed by atoms with Gasteiger partial charge in [-0.15, -0.1) is 0 Å². The summed E-state index contributed by atoms with van der Waals surface area (Å²) in [6.45, 7) is 3.73. The lowest BCUT2D eigenvalue weighted by atomic mass is 9.79. The van der Waals surface area contributed by atoms with Crippen LogP contribution in [-0.2, 0) is 94.7 Å². The highest BCUT2D eigenvalue weighted by atomic mass is 32.2. The molecule has 0 spiro atoms. The van der Waals surface area contributed by atoms with Crippen molar-refractivity contribution in [3.8, 4) is 23.0 Å². The Bertz CT molecular complexity index is 4080. The molecular weight excluding hydrogens is 1290 g/mol. The van der Waals surface area contributed by atoms with Gasteiger partial charge in [-0.05, 0) is 123 Å². The second kappa shape index (κ2) is 26.1. The SMILES string of the molecule is Cc1ccc(S(=O)(=O)OCCOc2cc3c(cc2OCCOS(=O)(=O)c2ccc(C)cc2)CN2C(=O)N4Cc5cc(OCCOS(=O)(=O)c6ccc(C)cc6)c(OCCOS(=O)(=O)c6ccc(C)cc6)cc5CN5C(=O)N(C3)C2(c2ccccc2)C54c2ccccc2)cc1. The van der Waals surface area contributed by atoms with E-state index >= 15 is 9.59 Å². The molecule has 2 fully saturated rings. The van der Waals surface area contributed by atoms with Crippen molar-refractivity contribution in [3.05, 3.63) is 238 Å². The van der Waals surface area contributed by atoms with E-state index in [0.717, 1.165) is 22.3 Å². The van der Waals surface area contributed by atoms with Crippen molar-refractivity contribution in [2.24, 2.45) is 0 Å². The molecule has 8 aromatic carbocycles. The third kappa shape index (κ3) is 12.5. The highest BCUT2D eigenvalue weighted by Gasteiger charge is 2.80. The van der Waals surface area contributed by atoms with Gasteiger partial charge in [0.15, 0.2) is 34.3 Å². The van der Waals surface area contributed by atoms with E-state index in [1.165, 1.54) is 48.5 Å². The predicted octanol–water partition coefficient (Wildman–Crippen LogP) is 9.97. The molecular formula is C68H66N4O18S4. The summed E-state index contributed by atoms with van der Waals surface area (Å²) in [7, 11) is -16.9. The summed E-state index contributed by atoms with van der Waals surface area (Å²) in [5.41, 5.74) is 3.28. The minimum atomic E-state index is -4.21. The Morgan fingerprint density at radius 3 is 0.734 bits per heavy atom. The smallest absolute Gasteiger partial charge is 0.325 e. The van der Waals surface area contributed by atoms with Crippen LogP contribution in [0.15, 0.2) is 202 Å². The standard InChI is InChI=1S/C68H66N4O18S4/c1-47-15-23-57(24-16-47)91(75,76)87-35-31-83-61-39-51-43-69-65(73)71-45-53-41-63(85-33-37-89-93(79,80)59-27-19-49(3)20-28-59)64(86-34-38-90-94(81,82)60-29-21-50(4)22-30-60)42-54(53)46-72-66(74)70(67(69,55-11-7-5-8-12-55)68(71,72)56-13-9-6-10-14-56)44-52(51)40-62(61)84-32-36-88-92(77,78)58-25-17-48(2)18-26-58/h5-30,39-42H,31-38,43-46H2,1-4H3. The molecule has 0 saturated carbocycles. The third-order valence-corrected chi connectivity index (χ3v) is 22.0. The zero-order valence-electron chi connectivity index (χ0n) is 51.6. The van der Waals surface area contributed by atoms with Gasteiger partial charge in [-0.1, -0.05) is 131 Å². The largest absolute Gasteiger partial charge is 0.487 e. The van der Waals surface area contributed by atoms with Crippen LogP contribution in [0.4, 0.5) is 9.59 Å². The van der Waals surface area contributed by atoms with E-state index in [9.17, 15) is 33.7 Å². The van der Waals surface area contributed by atoms with Gasteiger partial charge in [-0.2, -0.15) is 33.7 Å². The molecule has 4 heterocycles. The summed E-state index contributed by atoms with van der Waals surface area (Å²) < 4.78 is 153. The van der Waals surface area contributed by atoms with Crippen LogP contribution in [0.5, 0.6) is 23.0 Å². The van der Waals surface area contributed by atoms with E-state index in [2.05, 4.69) is 0 Å². The van der Waals surface area contributed by atoms with Gasteiger partial charge in [0, 0.05) is 11.1 Å². The van der Waals surface area contributed by atoms with Gasteiger partial charge in [0.1, 0.15) is 52.9 Å². The van der Waals surface area contributed by atoms with E-state index in [1.54, 1.807) is 92.4 Å². The van der Waals surface area contributed by atoms with Crippen molar-refractivity contribution in [3.63, 3.8) is 0 Å². The maximum Gasteiger partial charge on any atom is 0.325 e. The van der Waals surface area contributed by atoms with E-state index in [-0.39, 0.29) is 95.2 Å². The first-order chi connectivity index (χ1) is 45.0. The van der Waals surface area contributed by atoms with Gasteiger partial charge in [0.25, 0.3) is 40.5 Å². The Labute approximate surface area is 546 Å². The Balaban J connectivity index is 0.914. The van der Waals surface area contributed by atoms with E-state index in [0.29, 0.717) is 33.4 Å². The summed E-state index contributed by atoms with van der Waals surface area (Å²) in [5, 5.41) is 0. The van der Waals surface area contributed by atoms with Crippen molar-refractivity contribution >= 4 is 52.5 Å². The number of carbonyl (C=O) groups excluding carboxylic acids is 2. The van der Waals surface area contributed by atoms with Crippen LogP contribution in [0.1, 0.15) is 55.6 Å². The highest BCUT2D eigenvalue weighted by molar-refractivity contribution is 7.87. The lowest BCUT2D eigenvalue weighted by Gasteiger charge is -2.49. The average molecular weight is 1360 g/mol. The van der Waals surface area contributed by atoms with E-state index < -0.39 is 90.3 Å². The number of benzene rings is 8. The maximum absolute atomic E-state index is 16.4. The molecule has 26 heteroatoms. The molecule has 0 aliphatic carbocycles. The molecule has 0 radical (unpaired) electrons. The fourth-order valence-corrected chi connectivity index (χ4v) is 15.8. The van der Waals surface area contributed by atoms with Crippen molar-refractivity contribution < 1.29 is 78.9 Å². The minimum Gasteiger partial charge on any atom is -0.487 e. The molecule has 12 rings (SSSR count). The summed E-state index contributed by atoms with van der Waals surface area (Å²) in [5.74, 6) is 0.320. The molecule has 490 valence electrons. The second-order valence-electron chi connectivity index (χ2n) is 22.9. The van der Waals surface area contributed by atoms with Crippen LogP contribution < -0.4 is 18.9 Å². The molecule has 0 N–H and O–H groups in total. The number of ether oxygens (including phenoxy) is 4. The van der Waals surface area contributed by atoms with Gasteiger partial charge < -0.3 is 18.9 Å². The molecule has 4 aliphatic rings. The Hall–Kier alpha value is -8.86. The van der Waals surface area contributed by atoms with Crippen LogP contribution in [0.2, 0.25) is 0 Å². The molecule has 94 heavy (non-hydrogen) atoms. The summed E-state index contributed by atoms with van der Waals surface area (Å²) >= 11 is 0. The van der Waals surface area contributed by atoms with Crippen molar-refractivity contribution in [1.29, 1.82) is 0 Å². The molecule has 2 saturated heterocycles. The fourth-order valence-electron chi connectivity index (χ4n) is 12.3. The average Bonchev–Trinajstić information content (AvgIpc) is 1.47. The van der Waals surface area contributed by atoms with Crippen LogP contribution >= 0.6 is 0 Å². The fraction of sp³-hybridized carbons (Fsp3) is 0.265. The number of rotatable bonds is 26. The molecule has 0 bridgehead atoms. The zero-order chi connectivity index (χ0) is 66.2. The van der Waals surface area contributed by atoms with Crippen LogP contribution in [0, 0.1) is 27.7 Å². The molecule has 4 amide bonds. The third-order valence-electron chi connectivity index (χ3n) is 16.7. The van der Waals surface area contributed by atoms with Crippen molar-refractivity contribution in [2.75, 3.05) is 52.9 Å². The summed E-state index contributed by atoms with van der Waals surface area (Å²) in [4.78, 5) is 39.2. The van der Waals surface area contributed by atoms with Gasteiger partial charge in [0.05, 0.1) is 45.8 Å². The van der Waals surface area contributed by atoms with E-state index in [1.807, 2.05) is 88.4 Å². The minimum absolute atomic E-state index is 0.0531.